The minimum Gasteiger partial charge on any atom is -0.356 e. The molecule has 0 aliphatic carbocycles. The summed E-state index contributed by atoms with van der Waals surface area (Å²) in [6.45, 7) is 7.04. The third kappa shape index (κ3) is 5.29. The second-order valence-corrected chi connectivity index (χ2v) is 9.31. The van der Waals surface area contributed by atoms with Crippen LogP contribution in [0.1, 0.15) is 44.0 Å². The Balaban J connectivity index is 1.99. The number of benzene rings is 1. The van der Waals surface area contributed by atoms with Crippen molar-refractivity contribution in [3.63, 3.8) is 0 Å². The van der Waals surface area contributed by atoms with Gasteiger partial charge in [-0.2, -0.15) is 4.31 Å². The van der Waals surface area contributed by atoms with Crippen molar-refractivity contribution < 1.29 is 18.0 Å². The number of sulfonamides is 1. The first kappa shape index (κ1) is 21.4. The molecule has 2 rings (SSSR count). The predicted molar refractivity (Wildman–Crippen MR) is 104 cm³/mol. The lowest BCUT2D eigenvalue weighted by molar-refractivity contribution is -0.119. The zero-order chi connectivity index (χ0) is 20.2. The Morgan fingerprint density at radius 2 is 1.74 bits per heavy atom. The lowest BCUT2D eigenvalue weighted by Gasteiger charge is -2.32. The van der Waals surface area contributed by atoms with Gasteiger partial charge in [-0.1, -0.05) is 0 Å². The fourth-order valence-corrected chi connectivity index (χ4v) is 4.39. The van der Waals surface area contributed by atoms with Crippen molar-refractivity contribution in [1.82, 2.24) is 14.5 Å². The third-order valence-corrected chi connectivity index (χ3v) is 7.09. The van der Waals surface area contributed by atoms with Crippen molar-refractivity contribution in [3.8, 4) is 0 Å². The number of rotatable bonds is 6. The Hall–Kier alpha value is -1.93. The molecule has 1 aromatic rings. The van der Waals surface area contributed by atoms with Crippen LogP contribution in [0.15, 0.2) is 29.2 Å². The average molecular weight is 396 g/mol. The fourth-order valence-electron chi connectivity index (χ4n) is 3.02. The summed E-state index contributed by atoms with van der Waals surface area (Å²) in [6, 6.07) is 5.99. The number of carbonyl (C=O) groups is 2. The van der Waals surface area contributed by atoms with E-state index in [1.807, 2.05) is 13.8 Å². The lowest BCUT2D eigenvalue weighted by atomic mass is 9.96. The molecule has 150 valence electrons. The summed E-state index contributed by atoms with van der Waals surface area (Å²) in [5, 5.41) is 2.83. The van der Waals surface area contributed by atoms with Crippen molar-refractivity contribution in [2.75, 3.05) is 26.7 Å². The van der Waals surface area contributed by atoms with Crippen LogP contribution in [0.25, 0.3) is 0 Å². The van der Waals surface area contributed by atoms with Crippen LogP contribution in [0.2, 0.25) is 0 Å². The zero-order valence-corrected chi connectivity index (χ0v) is 17.3. The molecule has 7 nitrogen and oxygen atoms in total. The predicted octanol–water partition coefficient (Wildman–Crippen LogP) is 1.70. The second kappa shape index (κ2) is 8.84. The van der Waals surface area contributed by atoms with Crippen molar-refractivity contribution in [2.45, 2.75) is 44.6 Å². The fraction of sp³-hybridized carbons (Fsp3) is 0.579. The molecular weight excluding hydrogens is 366 g/mol. The van der Waals surface area contributed by atoms with Gasteiger partial charge in [0.25, 0.3) is 5.91 Å². The van der Waals surface area contributed by atoms with Crippen LogP contribution >= 0.6 is 0 Å². The Morgan fingerprint density at radius 1 is 1.19 bits per heavy atom. The van der Waals surface area contributed by atoms with E-state index in [1.165, 1.54) is 23.4 Å². The van der Waals surface area contributed by atoms with Crippen LogP contribution in [0, 0.1) is 5.92 Å². The number of amides is 2. The van der Waals surface area contributed by atoms with E-state index in [9.17, 15) is 18.0 Å². The van der Waals surface area contributed by atoms with Crippen molar-refractivity contribution in [2.24, 2.45) is 5.92 Å². The molecule has 8 heteroatoms. The number of carbonyl (C=O) groups excluding carboxylic acids is 2. The van der Waals surface area contributed by atoms with Gasteiger partial charge in [0.15, 0.2) is 0 Å². The largest absolute Gasteiger partial charge is 0.356 e. The number of hydrogen-bond donors (Lipinski definition) is 1. The molecule has 1 fully saturated rings. The molecule has 1 aromatic carbocycles. The summed E-state index contributed by atoms with van der Waals surface area (Å²) in [4.78, 5) is 25.6. The Morgan fingerprint density at radius 3 is 2.22 bits per heavy atom. The van der Waals surface area contributed by atoms with Gasteiger partial charge >= 0.3 is 0 Å². The van der Waals surface area contributed by atoms with E-state index < -0.39 is 10.0 Å². The van der Waals surface area contributed by atoms with Gasteiger partial charge in [0.2, 0.25) is 15.9 Å². The SMILES string of the molecule is CC(=O)NCC1CCN(C(=O)c2ccc(S(=O)(=O)N(C)C(C)C)cc2)CC1. The number of hydrogen-bond acceptors (Lipinski definition) is 4. The third-order valence-electron chi connectivity index (χ3n) is 5.05. The summed E-state index contributed by atoms with van der Waals surface area (Å²) in [7, 11) is -2.01. The summed E-state index contributed by atoms with van der Waals surface area (Å²) in [5.41, 5.74) is 0.487. The molecule has 27 heavy (non-hydrogen) atoms. The van der Waals surface area contributed by atoms with E-state index >= 15 is 0 Å². The second-order valence-electron chi connectivity index (χ2n) is 7.31. The quantitative estimate of drug-likeness (QED) is 0.794. The molecule has 1 heterocycles. The molecule has 0 unspecified atom stereocenters. The topological polar surface area (TPSA) is 86.8 Å². The molecule has 1 N–H and O–H groups in total. The Kier molecular flexibility index (Phi) is 7.00. The van der Waals surface area contributed by atoms with E-state index in [0.717, 1.165) is 12.8 Å². The van der Waals surface area contributed by atoms with Gasteiger partial charge in [-0.05, 0) is 56.9 Å². The van der Waals surface area contributed by atoms with Crippen molar-refractivity contribution in [1.29, 1.82) is 0 Å². The number of likely N-dealkylation sites (tertiary alicyclic amines) is 1. The van der Waals surface area contributed by atoms with Gasteiger partial charge < -0.3 is 10.2 Å². The van der Waals surface area contributed by atoms with Crippen LogP contribution in [0.4, 0.5) is 0 Å². The van der Waals surface area contributed by atoms with Crippen LogP contribution in [0.5, 0.6) is 0 Å². The Bertz CT molecular complexity index is 767. The smallest absolute Gasteiger partial charge is 0.253 e. The average Bonchev–Trinajstić information content (AvgIpc) is 2.65. The summed E-state index contributed by atoms with van der Waals surface area (Å²) < 4.78 is 26.3. The highest BCUT2D eigenvalue weighted by molar-refractivity contribution is 7.89. The van der Waals surface area contributed by atoms with Gasteiger partial charge in [0.1, 0.15) is 0 Å². The minimum atomic E-state index is -3.55. The maximum Gasteiger partial charge on any atom is 0.253 e. The standard InChI is InChI=1S/C19H29N3O4S/c1-14(2)21(4)27(25,26)18-7-5-17(6-8-18)19(24)22-11-9-16(10-12-22)13-20-15(3)23/h5-8,14,16H,9-13H2,1-4H3,(H,20,23). The molecular formula is C19H29N3O4S. The van der Waals surface area contributed by atoms with Gasteiger partial charge in [-0.3, -0.25) is 9.59 Å². The first-order valence-corrected chi connectivity index (χ1v) is 10.7. The molecule has 0 bridgehead atoms. The van der Waals surface area contributed by atoms with E-state index in [0.29, 0.717) is 31.1 Å². The normalized spacial score (nSPS) is 16.0. The van der Waals surface area contributed by atoms with E-state index in [2.05, 4.69) is 5.32 Å². The van der Waals surface area contributed by atoms with Crippen LogP contribution < -0.4 is 5.32 Å². The van der Waals surface area contributed by atoms with Gasteiger partial charge in [-0.25, -0.2) is 8.42 Å². The summed E-state index contributed by atoms with van der Waals surface area (Å²) >= 11 is 0. The Labute approximate surface area is 161 Å². The molecule has 1 aliphatic rings. The summed E-state index contributed by atoms with van der Waals surface area (Å²) in [6.07, 6.45) is 1.69. The van der Waals surface area contributed by atoms with E-state index in [1.54, 1.807) is 24.1 Å². The molecule has 2 amide bonds. The number of nitrogens with one attached hydrogen (secondary N) is 1. The highest BCUT2D eigenvalue weighted by Crippen LogP contribution is 2.21. The molecule has 1 aliphatic heterocycles. The van der Waals surface area contributed by atoms with Crippen molar-refractivity contribution in [3.05, 3.63) is 29.8 Å². The first-order chi connectivity index (χ1) is 12.6. The van der Waals surface area contributed by atoms with Crippen LogP contribution in [-0.4, -0.2) is 62.2 Å². The number of piperidine rings is 1. The van der Waals surface area contributed by atoms with Gasteiger partial charge in [0.05, 0.1) is 4.90 Å². The van der Waals surface area contributed by atoms with E-state index in [4.69, 9.17) is 0 Å². The molecule has 0 aromatic heterocycles. The zero-order valence-electron chi connectivity index (χ0n) is 16.4. The van der Waals surface area contributed by atoms with Gasteiger partial charge in [-0.15, -0.1) is 0 Å². The van der Waals surface area contributed by atoms with Crippen molar-refractivity contribution >= 4 is 21.8 Å². The molecule has 0 spiro atoms. The summed E-state index contributed by atoms with van der Waals surface area (Å²) in [5.74, 6) is 0.262. The van der Waals surface area contributed by atoms with Gasteiger partial charge in [0, 0.05) is 45.2 Å². The minimum absolute atomic E-state index is 0.0355. The maximum absolute atomic E-state index is 12.7. The van der Waals surface area contributed by atoms with Crippen LogP contribution in [-0.2, 0) is 14.8 Å². The van der Waals surface area contributed by atoms with Crippen LogP contribution in [0.3, 0.4) is 0 Å². The lowest BCUT2D eigenvalue weighted by Crippen LogP contribution is -2.41. The highest BCUT2D eigenvalue weighted by Gasteiger charge is 2.26. The monoisotopic (exact) mass is 395 g/mol. The number of nitrogens with zero attached hydrogens (tertiary/aromatic N) is 2. The highest BCUT2D eigenvalue weighted by atomic mass is 32.2. The molecule has 0 radical (unpaired) electrons. The molecule has 1 saturated heterocycles. The molecule has 0 saturated carbocycles. The first-order valence-electron chi connectivity index (χ1n) is 9.24. The molecule has 0 atom stereocenters. The maximum atomic E-state index is 12.7. The van der Waals surface area contributed by atoms with E-state index in [-0.39, 0.29) is 22.8 Å².